The summed E-state index contributed by atoms with van der Waals surface area (Å²) in [5.41, 5.74) is 0. The third kappa shape index (κ3) is 3.65. The first kappa shape index (κ1) is 13.7. The molecule has 2 saturated heterocycles. The number of hydrogen-bond donors (Lipinski definition) is 0. The zero-order valence-electron chi connectivity index (χ0n) is 11.8. The molecule has 0 amide bonds. The highest BCUT2D eigenvalue weighted by atomic mass is 16.7. The Balaban J connectivity index is 1.40. The minimum absolute atomic E-state index is 0.000707. The second kappa shape index (κ2) is 6.97. The maximum Gasteiger partial charge on any atom is 0.225 e. The zero-order chi connectivity index (χ0) is 13.6. The summed E-state index contributed by atoms with van der Waals surface area (Å²) in [6.07, 6.45) is 5.58. The first-order valence-electron chi connectivity index (χ1n) is 7.39. The Morgan fingerprint density at radius 1 is 1.05 bits per heavy atom. The largest absolute Gasteiger partial charge is 0.353 e. The lowest BCUT2D eigenvalue weighted by molar-refractivity contribution is -0.182. The third-order valence-corrected chi connectivity index (χ3v) is 3.78. The quantitative estimate of drug-likeness (QED) is 0.810. The van der Waals surface area contributed by atoms with E-state index < -0.39 is 0 Å². The van der Waals surface area contributed by atoms with E-state index in [-0.39, 0.29) is 6.29 Å². The predicted octanol–water partition coefficient (Wildman–Crippen LogP) is 0.752. The van der Waals surface area contributed by atoms with Crippen molar-refractivity contribution in [2.45, 2.75) is 19.1 Å². The first-order valence-corrected chi connectivity index (χ1v) is 7.39. The van der Waals surface area contributed by atoms with E-state index in [9.17, 15) is 0 Å². The van der Waals surface area contributed by atoms with Crippen molar-refractivity contribution in [1.29, 1.82) is 0 Å². The van der Waals surface area contributed by atoms with Crippen molar-refractivity contribution in [3.63, 3.8) is 0 Å². The summed E-state index contributed by atoms with van der Waals surface area (Å²) in [6.45, 7) is 6.77. The molecule has 3 heterocycles. The highest BCUT2D eigenvalue weighted by Crippen LogP contribution is 2.12. The average molecular weight is 278 g/mol. The van der Waals surface area contributed by atoms with Gasteiger partial charge in [-0.15, -0.1) is 0 Å². The van der Waals surface area contributed by atoms with Gasteiger partial charge in [-0.1, -0.05) is 0 Å². The van der Waals surface area contributed by atoms with Gasteiger partial charge in [-0.25, -0.2) is 9.97 Å². The van der Waals surface area contributed by atoms with Crippen LogP contribution in [-0.4, -0.2) is 67.1 Å². The van der Waals surface area contributed by atoms with Crippen LogP contribution in [0.2, 0.25) is 0 Å². The molecule has 1 aromatic rings. The smallest absolute Gasteiger partial charge is 0.225 e. The molecular weight excluding hydrogens is 256 g/mol. The van der Waals surface area contributed by atoms with Crippen molar-refractivity contribution >= 4 is 5.95 Å². The van der Waals surface area contributed by atoms with E-state index in [1.54, 1.807) is 12.4 Å². The molecule has 0 unspecified atom stereocenters. The van der Waals surface area contributed by atoms with Crippen molar-refractivity contribution in [3.8, 4) is 0 Å². The van der Waals surface area contributed by atoms with Gasteiger partial charge in [0.2, 0.25) is 5.95 Å². The second-order valence-corrected chi connectivity index (χ2v) is 5.19. The molecule has 6 heteroatoms. The molecule has 0 spiro atoms. The summed E-state index contributed by atoms with van der Waals surface area (Å²) in [4.78, 5) is 13.3. The van der Waals surface area contributed by atoms with Crippen molar-refractivity contribution in [2.75, 3.05) is 50.8 Å². The predicted molar refractivity (Wildman–Crippen MR) is 75.6 cm³/mol. The monoisotopic (exact) mass is 278 g/mol. The van der Waals surface area contributed by atoms with E-state index >= 15 is 0 Å². The molecule has 1 aromatic heterocycles. The molecule has 0 atom stereocenters. The maximum atomic E-state index is 5.58. The molecule has 0 aromatic carbocycles. The lowest BCUT2D eigenvalue weighted by Gasteiger charge is -2.35. The molecule has 110 valence electrons. The zero-order valence-corrected chi connectivity index (χ0v) is 11.8. The highest BCUT2D eigenvalue weighted by Gasteiger charge is 2.20. The van der Waals surface area contributed by atoms with Crippen LogP contribution < -0.4 is 4.90 Å². The average Bonchev–Trinajstić information content (AvgIpc) is 2.55. The number of aromatic nitrogens is 2. The lowest BCUT2D eigenvalue weighted by Crippen LogP contribution is -2.47. The van der Waals surface area contributed by atoms with E-state index in [1.165, 1.54) is 0 Å². The minimum Gasteiger partial charge on any atom is -0.353 e. The third-order valence-electron chi connectivity index (χ3n) is 3.78. The van der Waals surface area contributed by atoms with E-state index in [4.69, 9.17) is 9.47 Å². The van der Waals surface area contributed by atoms with Gasteiger partial charge < -0.3 is 14.4 Å². The van der Waals surface area contributed by atoms with Crippen LogP contribution in [0.5, 0.6) is 0 Å². The molecule has 2 aliphatic rings. The van der Waals surface area contributed by atoms with Gasteiger partial charge in [-0.05, 0) is 12.5 Å². The number of rotatable bonds is 4. The summed E-state index contributed by atoms with van der Waals surface area (Å²) in [6, 6.07) is 1.85. The van der Waals surface area contributed by atoms with Gasteiger partial charge in [0.1, 0.15) is 0 Å². The summed E-state index contributed by atoms with van der Waals surface area (Å²) in [7, 11) is 0. The Bertz CT molecular complexity index is 389. The van der Waals surface area contributed by atoms with Crippen molar-refractivity contribution in [3.05, 3.63) is 18.5 Å². The van der Waals surface area contributed by atoms with Crippen LogP contribution in [-0.2, 0) is 9.47 Å². The second-order valence-electron chi connectivity index (χ2n) is 5.19. The van der Waals surface area contributed by atoms with Crippen LogP contribution in [0.25, 0.3) is 0 Å². The van der Waals surface area contributed by atoms with Gasteiger partial charge in [0.25, 0.3) is 0 Å². The topological polar surface area (TPSA) is 50.7 Å². The van der Waals surface area contributed by atoms with E-state index in [2.05, 4.69) is 19.8 Å². The fraction of sp³-hybridized carbons (Fsp3) is 0.714. The number of nitrogens with zero attached hydrogens (tertiary/aromatic N) is 4. The number of anilines is 1. The first-order chi connectivity index (χ1) is 9.92. The van der Waals surface area contributed by atoms with Crippen LogP contribution in [0.4, 0.5) is 5.95 Å². The van der Waals surface area contributed by atoms with Gasteiger partial charge in [0.05, 0.1) is 13.2 Å². The Kier molecular flexibility index (Phi) is 4.78. The Morgan fingerprint density at radius 2 is 1.75 bits per heavy atom. The summed E-state index contributed by atoms with van der Waals surface area (Å²) in [5, 5.41) is 0. The fourth-order valence-electron chi connectivity index (χ4n) is 2.62. The summed E-state index contributed by atoms with van der Waals surface area (Å²) >= 11 is 0. The van der Waals surface area contributed by atoms with E-state index in [1.807, 2.05) is 6.07 Å². The Morgan fingerprint density at radius 3 is 2.45 bits per heavy atom. The molecule has 2 fully saturated rings. The molecule has 20 heavy (non-hydrogen) atoms. The van der Waals surface area contributed by atoms with Crippen LogP contribution in [0.3, 0.4) is 0 Å². The standard InChI is InChI=1S/C14H22N4O2/c1-4-15-14(16-5-1)18-9-7-17(8-10-18)6-3-13-19-11-2-12-20-13/h1,4-5,13H,2-3,6-12H2. The van der Waals surface area contributed by atoms with Crippen LogP contribution in [0.1, 0.15) is 12.8 Å². The SMILES string of the molecule is c1cnc(N2CCN(CCC3OCCCO3)CC2)nc1. The summed E-state index contributed by atoms with van der Waals surface area (Å²) in [5.74, 6) is 0.839. The van der Waals surface area contributed by atoms with Gasteiger partial charge in [0.15, 0.2) is 6.29 Å². The molecule has 0 N–H and O–H groups in total. The Hall–Kier alpha value is -1.24. The van der Waals surface area contributed by atoms with Crippen LogP contribution in [0, 0.1) is 0 Å². The lowest BCUT2D eigenvalue weighted by atomic mass is 10.3. The highest BCUT2D eigenvalue weighted by molar-refractivity contribution is 5.29. The number of ether oxygens (including phenoxy) is 2. The van der Waals surface area contributed by atoms with Crippen LogP contribution in [0.15, 0.2) is 18.5 Å². The van der Waals surface area contributed by atoms with Crippen LogP contribution >= 0.6 is 0 Å². The maximum absolute atomic E-state index is 5.58. The van der Waals surface area contributed by atoms with Gasteiger partial charge in [-0.2, -0.15) is 0 Å². The number of piperazine rings is 1. The number of hydrogen-bond acceptors (Lipinski definition) is 6. The molecule has 0 aliphatic carbocycles. The van der Waals surface area contributed by atoms with Crippen molar-refractivity contribution in [2.24, 2.45) is 0 Å². The molecule has 0 saturated carbocycles. The van der Waals surface area contributed by atoms with Gasteiger partial charge in [0, 0.05) is 51.5 Å². The van der Waals surface area contributed by atoms with Crippen molar-refractivity contribution in [1.82, 2.24) is 14.9 Å². The fourth-order valence-corrected chi connectivity index (χ4v) is 2.62. The molecule has 6 nitrogen and oxygen atoms in total. The molecule has 0 bridgehead atoms. The van der Waals surface area contributed by atoms with Crippen molar-refractivity contribution < 1.29 is 9.47 Å². The molecule has 2 aliphatic heterocycles. The van der Waals surface area contributed by atoms with Gasteiger partial charge in [-0.3, -0.25) is 4.90 Å². The van der Waals surface area contributed by atoms with Gasteiger partial charge >= 0.3 is 0 Å². The normalized spacial score (nSPS) is 22.1. The summed E-state index contributed by atoms with van der Waals surface area (Å²) < 4.78 is 11.2. The molecular formula is C14H22N4O2. The molecule has 3 rings (SSSR count). The van der Waals surface area contributed by atoms with E-state index in [0.717, 1.165) is 64.7 Å². The Labute approximate surface area is 119 Å². The molecule has 0 radical (unpaired) electrons. The minimum atomic E-state index is -0.000707. The van der Waals surface area contributed by atoms with E-state index in [0.29, 0.717) is 0 Å².